The second kappa shape index (κ2) is 5.97. The van der Waals surface area contributed by atoms with Crippen LogP contribution in [0.1, 0.15) is 5.69 Å². The van der Waals surface area contributed by atoms with Crippen LogP contribution in [0.25, 0.3) is 5.70 Å². The van der Waals surface area contributed by atoms with Crippen molar-refractivity contribution in [3.63, 3.8) is 0 Å². The van der Waals surface area contributed by atoms with Gasteiger partial charge in [0.25, 0.3) is 0 Å². The highest BCUT2D eigenvalue weighted by atomic mass is 16.5. The minimum Gasteiger partial charge on any atom is -0.476 e. The number of hydrogen-bond acceptors (Lipinski definition) is 5. The van der Waals surface area contributed by atoms with Crippen molar-refractivity contribution < 1.29 is 4.74 Å². The molecule has 1 aromatic rings. The second-order valence-corrected chi connectivity index (χ2v) is 3.64. The molecule has 0 spiro atoms. The molecule has 4 N–H and O–H groups in total. The summed E-state index contributed by atoms with van der Waals surface area (Å²) in [4.78, 5) is 6.09. The molecular formula is C11H18N4O. The molecule has 0 aliphatic carbocycles. The molecule has 1 heterocycles. The Balaban J connectivity index is 2.59. The van der Waals surface area contributed by atoms with Gasteiger partial charge in [0.2, 0.25) is 5.88 Å². The number of likely N-dealkylation sites (N-methyl/N-ethyl adjacent to an activating group) is 1. The Morgan fingerprint density at radius 3 is 2.69 bits per heavy atom. The van der Waals surface area contributed by atoms with Crippen LogP contribution in [0.2, 0.25) is 0 Å². The molecule has 0 aromatic carbocycles. The summed E-state index contributed by atoms with van der Waals surface area (Å²) in [5.74, 6) is 0.223. The van der Waals surface area contributed by atoms with E-state index in [1.54, 1.807) is 12.3 Å². The molecule has 0 atom stereocenters. The number of nitrogens with zero attached hydrogens (tertiary/aromatic N) is 2. The molecule has 0 saturated heterocycles. The van der Waals surface area contributed by atoms with E-state index in [1.807, 2.05) is 31.1 Å². The van der Waals surface area contributed by atoms with Crippen LogP contribution in [0.3, 0.4) is 0 Å². The van der Waals surface area contributed by atoms with Gasteiger partial charge in [-0.3, -0.25) is 4.98 Å². The third-order valence-electron chi connectivity index (χ3n) is 2.00. The maximum atomic E-state index is 5.81. The van der Waals surface area contributed by atoms with Gasteiger partial charge in [-0.15, -0.1) is 0 Å². The van der Waals surface area contributed by atoms with E-state index in [0.29, 0.717) is 18.0 Å². The lowest BCUT2D eigenvalue weighted by Gasteiger charge is -2.12. The van der Waals surface area contributed by atoms with E-state index in [9.17, 15) is 0 Å². The molecule has 1 aromatic heterocycles. The van der Waals surface area contributed by atoms with E-state index in [0.717, 1.165) is 6.54 Å². The molecule has 1 rings (SSSR count). The fourth-order valence-electron chi connectivity index (χ4n) is 1.06. The van der Waals surface area contributed by atoms with Crippen molar-refractivity contribution in [2.75, 3.05) is 27.2 Å². The van der Waals surface area contributed by atoms with Crippen molar-refractivity contribution in [1.29, 1.82) is 0 Å². The Labute approximate surface area is 95.7 Å². The first-order chi connectivity index (χ1) is 7.61. The van der Waals surface area contributed by atoms with Gasteiger partial charge in [-0.05, 0) is 26.2 Å². The lowest BCUT2D eigenvalue weighted by atomic mass is 10.3. The highest BCUT2D eigenvalue weighted by Crippen LogP contribution is 2.07. The van der Waals surface area contributed by atoms with Crippen LogP contribution in [0.15, 0.2) is 30.3 Å². The zero-order valence-corrected chi connectivity index (χ0v) is 9.68. The molecule has 5 heteroatoms. The number of rotatable bonds is 5. The highest BCUT2D eigenvalue weighted by molar-refractivity contribution is 5.60. The summed E-state index contributed by atoms with van der Waals surface area (Å²) >= 11 is 0. The average Bonchev–Trinajstić information content (AvgIpc) is 2.28. The van der Waals surface area contributed by atoms with Crippen LogP contribution < -0.4 is 11.5 Å². The second-order valence-electron chi connectivity index (χ2n) is 3.64. The van der Waals surface area contributed by atoms with Crippen LogP contribution in [0.5, 0.6) is 0 Å². The number of aromatic nitrogens is 1. The average molecular weight is 222 g/mol. The number of pyridine rings is 1. The van der Waals surface area contributed by atoms with Crippen molar-refractivity contribution >= 4 is 5.70 Å². The standard InChI is InChI=1S/C11H18N4O/c1-15(2)7-8-16-11(13)10(12)9-5-3-4-6-14-9/h3-6H,7-8,12-13H2,1-2H3. The zero-order valence-electron chi connectivity index (χ0n) is 9.68. The topological polar surface area (TPSA) is 77.4 Å². The fourth-order valence-corrected chi connectivity index (χ4v) is 1.06. The summed E-state index contributed by atoms with van der Waals surface area (Å²) in [6, 6.07) is 5.46. The molecule has 0 radical (unpaired) electrons. The first kappa shape index (κ1) is 12.3. The Morgan fingerprint density at radius 2 is 2.12 bits per heavy atom. The third kappa shape index (κ3) is 3.78. The summed E-state index contributed by atoms with van der Waals surface area (Å²) < 4.78 is 5.32. The van der Waals surface area contributed by atoms with Gasteiger partial charge in [0.1, 0.15) is 12.3 Å². The summed E-state index contributed by atoms with van der Waals surface area (Å²) in [5.41, 5.74) is 12.5. The molecule has 0 aliphatic rings. The van der Waals surface area contributed by atoms with Crippen molar-refractivity contribution in [2.45, 2.75) is 0 Å². The largest absolute Gasteiger partial charge is 0.476 e. The van der Waals surface area contributed by atoms with Gasteiger partial charge in [-0.2, -0.15) is 0 Å². The monoisotopic (exact) mass is 222 g/mol. The van der Waals surface area contributed by atoms with Crippen molar-refractivity contribution in [3.8, 4) is 0 Å². The summed E-state index contributed by atoms with van der Waals surface area (Å²) in [5, 5.41) is 0. The molecule has 0 aliphatic heterocycles. The highest BCUT2D eigenvalue weighted by Gasteiger charge is 2.04. The van der Waals surface area contributed by atoms with E-state index < -0.39 is 0 Å². The maximum absolute atomic E-state index is 5.81. The Hall–Kier alpha value is -1.75. The minimum atomic E-state index is 0.223. The van der Waals surface area contributed by atoms with Crippen LogP contribution in [-0.4, -0.2) is 37.1 Å². The normalized spacial score (nSPS) is 12.4. The number of nitrogens with two attached hydrogens (primary N) is 2. The van der Waals surface area contributed by atoms with Crippen molar-refractivity contribution in [2.24, 2.45) is 11.5 Å². The Bertz CT molecular complexity index is 348. The van der Waals surface area contributed by atoms with Gasteiger partial charge in [0, 0.05) is 12.7 Å². The van der Waals surface area contributed by atoms with Crippen molar-refractivity contribution in [3.05, 3.63) is 36.0 Å². The quantitative estimate of drug-likeness (QED) is 0.696. The SMILES string of the molecule is CN(C)CCOC(N)=C(N)c1ccccn1. The van der Waals surface area contributed by atoms with Gasteiger partial charge in [0.05, 0.1) is 5.69 Å². The van der Waals surface area contributed by atoms with Crippen LogP contribution >= 0.6 is 0 Å². The van der Waals surface area contributed by atoms with E-state index in [2.05, 4.69) is 4.98 Å². The molecule has 0 saturated carbocycles. The first-order valence-corrected chi connectivity index (χ1v) is 5.05. The molecule has 5 nitrogen and oxygen atoms in total. The third-order valence-corrected chi connectivity index (χ3v) is 2.00. The fraction of sp³-hybridized carbons (Fsp3) is 0.364. The molecule has 0 bridgehead atoms. The number of ether oxygens (including phenoxy) is 1. The van der Waals surface area contributed by atoms with Gasteiger partial charge >= 0.3 is 0 Å². The summed E-state index contributed by atoms with van der Waals surface area (Å²) in [6.07, 6.45) is 1.66. The van der Waals surface area contributed by atoms with Gasteiger partial charge in [-0.25, -0.2) is 0 Å². The van der Waals surface area contributed by atoms with Crippen LogP contribution in [0.4, 0.5) is 0 Å². The lowest BCUT2D eigenvalue weighted by Crippen LogP contribution is -2.21. The minimum absolute atomic E-state index is 0.223. The maximum Gasteiger partial charge on any atom is 0.210 e. The molecule has 88 valence electrons. The molecule has 0 fully saturated rings. The van der Waals surface area contributed by atoms with E-state index in [1.165, 1.54) is 0 Å². The zero-order chi connectivity index (χ0) is 12.0. The lowest BCUT2D eigenvalue weighted by molar-refractivity contribution is 0.182. The van der Waals surface area contributed by atoms with E-state index in [4.69, 9.17) is 16.2 Å². The van der Waals surface area contributed by atoms with Gasteiger partial charge < -0.3 is 21.1 Å². The van der Waals surface area contributed by atoms with Gasteiger partial charge in [0.15, 0.2) is 0 Å². The van der Waals surface area contributed by atoms with Crippen LogP contribution in [0, 0.1) is 0 Å². The molecule has 16 heavy (non-hydrogen) atoms. The first-order valence-electron chi connectivity index (χ1n) is 5.05. The molecule has 0 unspecified atom stereocenters. The summed E-state index contributed by atoms with van der Waals surface area (Å²) in [6.45, 7) is 1.29. The predicted molar refractivity (Wildman–Crippen MR) is 64.0 cm³/mol. The number of hydrogen-bond donors (Lipinski definition) is 2. The van der Waals surface area contributed by atoms with Crippen LogP contribution in [-0.2, 0) is 4.74 Å². The molecular weight excluding hydrogens is 204 g/mol. The smallest absolute Gasteiger partial charge is 0.210 e. The van der Waals surface area contributed by atoms with Crippen molar-refractivity contribution in [1.82, 2.24) is 9.88 Å². The summed E-state index contributed by atoms with van der Waals surface area (Å²) in [7, 11) is 3.93. The Kier molecular flexibility index (Phi) is 4.60. The van der Waals surface area contributed by atoms with E-state index in [-0.39, 0.29) is 5.88 Å². The predicted octanol–water partition coefficient (Wildman–Crippen LogP) is 0.203. The molecule has 0 amide bonds. The van der Waals surface area contributed by atoms with Gasteiger partial charge in [-0.1, -0.05) is 6.07 Å². The van der Waals surface area contributed by atoms with E-state index >= 15 is 0 Å². The Morgan fingerprint density at radius 1 is 1.38 bits per heavy atom.